The monoisotopic (exact) mass is 239 g/mol. The molecule has 17 heavy (non-hydrogen) atoms. The lowest BCUT2D eigenvalue weighted by Crippen LogP contribution is -2.36. The normalized spacial score (nSPS) is 28.1. The third-order valence-corrected chi connectivity index (χ3v) is 4.46. The van der Waals surface area contributed by atoms with Crippen molar-refractivity contribution in [3.63, 3.8) is 0 Å². The third kappa shape index (κ3) is 3.96. The van der Waals surface area contributed by atoms with Crippen LogP contribution >= 0.6 is 0 Å². The van der Waals surface area contributed by atoms with Crippen LogP contribution in [0.2, 0.25) is 0 Å². The minimum Gasteiger partial charge on any atom is -0.381 e. The lowest BCUT2D eigenvalue weighted by Gasteiger charge is -2.31. The van der Waals surface area contributed by atoms with E-state index in [1.807, 2.05) is 0 Å². The number of nitrogens with one attached hydrogen (secondary N) is 1. The van der Waals surface area contributed by atoms with E-state index in [2.05, 4.69) is 19.2 Å². The Kier molecular flexibility index (Phi) is 4.87. The molecule has 1 unspecified atom stereocenters. The lowest BCUT2D eigenvalue weighted by atomic mass is 9.78. The van der Waals surface area contributed by atoms with Gasteiger partial charge in [0.15, 0.2) is 0 Å². The fourth-order valence-corrected chi connectivity index (χ4v) is 3.73. The van der Waals surface area contributed by atoms with E-state index in [0.717, 1.165) is 25.0 Å². The molecule has 0 spiro atoms. The molecule has 2 fully saturated rings. The van der Waals surface area contributed by atoms with Crippen LogP contribution in [-0.4, -0.2) is 26.3 Å². The Morgan fingerprint density at radius 3 is 2.65 bits per heavy atom. The van der Waals surface area contributed by atoms with Gasteiger partial charge in [-0.25, -0.2) is 0 Å². The average Bonchev–Trinajstić information content (AvgIpc) is 2.89. The molecular weight excluding hydrogens is 210 g/mol. The number of rotatable bonds is 6. The average molecular weight is 239 g/mol. The van der Waals surface area contributed by atoms with Crippen LogP contribution in [0.1, 0.15) is 52.4 Å². The van der Waals surface area contributed by atoms with Gasteiger partial charge in [-0.2, -0.15) is 0 Å². The van der Waals surface area contributed by atoms with Crippen LogP contribution in [0.3, 0.4) is 0 Å². The zero-order valence-electron chi connectivity index (χ0n) is 11.6. The first kappa shape index (κ1) is 13.4. The van der Waals surface area contributed by atoms with Gasteiger partial charge in [-0.1, -0.05) is 26.7 Å². The predicted octanol–water partition coefficient (Wildman–Crippen LogP) is 3.22. The summed E-state index contributed by atoms with van der Waals surface area (Å²) < 4.78 is 5.43. The highest BCUT2D eigenvalue weighted by Crippen LogP contribution is 2.42. The molecule has 1 saturated carbocycles. The Hall–Kier alpha value is -0.0800. The van der Waals surface area contributed by atoms with Crippen molar-refractivity contribution in [1.82, 2.24) is 5.32 Å². The van der Waals surface area contributed by atoms with E-state index in [4.69, 9.17) is 4.74 Å². The van der Waals surface area contributed by atoms with Crippen molar-refractivity contribution in [3.8, 4) is 0 Å². The van der Waals surface area contributed by atoms with Gasteiger partial charge in [0.25, 0.3) is 0 Å². The first-order valence-electron chi connectivity index (χ1n) is 7.49. The molecule has 0 bridgehead atoms. The van der Waals surface area contributed by atoms with Gasteiger partial charge in [0, 0.05) is 19.7 Å². The molecule has 1 heterocycles. The Labute approximate surface area is 107 Å². The summed E-state index contributed by atoms with van der Waals surface area (Å²) in [4.78, 5) is 0. The van der Waals surface area contributed by atoms with E-state index in [-0.39, 0.29) is 0 Å². The van der Waals surface area contributed by atoms with E-state index in [0.29, 0.717) is 5.41 Å². The maximum absolute atomic E-state index is 5.43. The van der Waals surface area contributed by atoms with Crippen LogP contribution in [0.15, 0.2) is 0 Å². The molecule has 2 nitrogen and oxygen atoms in total. The largest absolute Gasteiger partial charge is 0.381 e. The second kappa shape index (κ2) is 6.19. The minimum atomic E-state index is 0.619. The van der Waals surface area contributed by atoms with Gasteiger partial charge in [0.2, 0.25) is 0 Å². The molecule has 100 valence electrons. The number of hydrogen-bond donors (Lipinski definition) is 1. The standard InChI is InChI=1S/C15H29NO/c1-13(2)9-15(6-3-4-7-15)12-16-10-14-5-8-17-11-14/h13-14,16H,3-12H2,1-2H3. The Balaban J connectivity index is 1.73. The second-order valence-electron chi connectivity index (χ2n) is 6.67. The first-order valence-corrected chi connectivity index (χ1v) is 7.49. The minimum absolute atomic E-state index is 0.619. The Bertz CT molecular complexity index is 215. The third-order valence-electron chi connectivity index (χ3n) is 4.46. The zero-order chi connectivity index (χ0) is 12.1. The summed E-state index contributed by atoms with van der Waals surface area (Å²) in [5.74, 6) is 1.61. The van der Waals surface area contributed by atoms with Gasteiger partial charge < -0.3 is 10.1 Å². The summed E-state index contributed by atoms with van der Waals surface area (Å²) in [6.07, 6.45) is 8.44. The van der Waals surface area contributed by atoms with Crippen molar-refractivity contribution in [3.05, 3.63) is 0 Å². The predicted molar refractivity (Wildman–Crippen MR) is 72.2 cm³/mol. The Morgan fingerprint density at radius 1 is 1.29 bits per heavy atom. The maximum Gasteiger partial charge on any atom is 0.0507 e. The van der Waals surface area contributed by atoms with E-state index in [1.165, 1.54) is 51.6 Å². The van der Waals surface area contributed by atoms with Gasteiger partial charge in [-0.3, -0.25) is 0 Å². The van der Waals surface area contributed by atoms with Crippen LogP contribution in [-0.2, 0) is 4.74 Å². The van der Waals surface area contributed by atoms with Gasteiger partial charge in [0.1, 0.15) is 0 Å². The highest BCUT2D eigenvalue weighted by atomic mass is 16.5. The number of hydrogen-bond acceptors (Lipinski definition) is 2. The first-order chi connectivity index (χ1) is 8.20. The summed E-state index contributed by atoms with van der Waals surface area (Å²) in [5.41, 5.74) is 0.619. The molecule has 2 heteroatoms. The van der Waals surface area contributed by atoms with E-state index in [1.54, 1.807) is 0 Å². The van der Waals surface area contributed by atoms with Crippen LogP contribution in [0.25, 0.3) is 0 Å². The molecular formula is C15H29NO. The molecule has 2 rings (SSSR count). The van der Waals surface area contributed by atoms with E-state index in [9.17, 15) is 0 Å². The number of ether oxygens (including phenoxy) is 1. The fraction of sp³-hybridized carbons (Fsp3) is 1.00. The van der Waals surface area contributed by atoms with Crippen LogP contribution in [0.5, 0.6) is 0 Å². The summed E-state index contributed by atoms with van der Waals surface area (Å²) in [6, 6.07) is 0. The van der Waals surface area contributed by atoms with Gasteiger partial charge in [-0.05, 0) is 42.9 Å². The molecule has 2 aliphatic rings. The topological polar surface area (TPSA) is 21.3 Å². The van der Waals surface area contributed by atoms with Crippen molar-refractivity contribution < 1.29 is 4.74 Å². The lowest BCUT2D eigenvalue weighted by molar-refractivity contribution is 0.181. The van der Waals surface area contributed by atoms with Crippen LogP contribution < -0.4 is 5.32 Å². The van der Waals surface area contributed by atoms with Crippen molar-refractivity contribution >= 4 is 0 Å². The second-order valence-corrected chi connectivity index (χ2v) is 6.67. The Morgan fingerprint density at radius 2 is 2.06 bits per heavy atom. The van der Waals surface area contributed by atoms with Crippen molar-refractivity contribution in [2.75, 3.05) is 26.3 Å². The summed E-state index contributed by atoms with van der Waals surface area (Å²) in [7, 11) is 0. The summed E-state index contributed by atoms with van der Waals surface area (Å²) >= 11 is 0. The molecule has 0 radical (unpaired) electrons. The van der Waals surface area contributed by atoms with Gasteiger partial charge >= 0.3 is 0 Å². The highest BCUT2D eigenvalue weighted by molar-refractivity contribution is 4.87. The van der Waals surface area contributed by atoms with Gasteiger partial charge in [0.05, 0.1) is 6.61 Å². The molecule has 0 aromatic carbocycles. The summed E-state index contributed by atoms with van der Waals surface area (Å²) in [5, 5.41) is 3.74. The quantitative estimate of drug-likeness (QED) is 0.768. The van der Waals surface area contributed by atoms with Gasteiger partial charge in [-0.15, -0.1) is 0 Å². The van der Waals surface area contributed by atoms with Crippen molar-refractivity contribution in [2.45, 2.75) is 52.4 Å². The summed E-state index contributed by atoms with van der Waals surface area (Å²) in [6.45, 7) is 9.09. The van der Waals surface area contributed by atoms with Crippen molar-refractivity contribution in [1.29, 1.82) is 0 Å². The molecule has 1 aliphatic heterocycles. The zero-order valence-corrected chi connectivity index (χ0v) is 11.6. The molecule has 1 atom stereocenters. The van der Waals surface area contributed by atoms with E-state index < -0.39 is 0 Å². The van der Waals surface area contributed by atoms with E-state index >= 15 is 0 Å². The molecule has 1 N–H and O–H groups in total. The maximum atomic E-state index is 5.43. The molecule has 1 aliphatic carbocycles. The van der Waals surface area contributed by atoms with Crippen LogP contribution in [0.4, 0.5) is 0 Å². The van der Waals surface area contributed by atoms with Crippen LogP contribution in [0, 0.1) is 17.3 Å². The molecule has 1 saturated heterocycles. The molecule has 0 aromatic rings. The SMILES string of the molecule is CC(C)CC1(CNCC2CCOC2)CCCC1. The highest BCUT2D eigenvalue weighted by Gasteiger charge is 2.34. The smallest absolute Gasteiger partial charge is 0.0507 e. The molecule has 0 aromatic heterocycles. The molecule has 0 amide bonds. The fourth-order valence-electron chi connectivity index (χ4n) is 3.73. The van der Waals surface area contributed by atoms with Crippen molar-refractivity contribution in [2.24, 2.45) is 17.3 Å².